The zero-order chi connectivity index (χ0) is 14.3. The van der Waals surface area contributed by atoms with E-state index < -0.39 is 11.2 Å². The van der Waals surface area contributed by atoms with Gasteiger partial charge in [-0.1, -0.05) is 0 Å². The normalized spacial score (nSPS) is 15.8. The Bertz CT molecular complexity index is 772. The van der Waals surface area contributed by atoms with E-state index >= 15 is 0 Å². The van der Waals surface area contributed by atoms with Gasteiger partial charge in [-0.3, -0.25) is 13.9 Å². The summed E-state index contributed by atoms with van der Waals surface area (Å²) in [6, 6.07) is 0. The fourth-order valence-corrected chi connectivity index (χ4v) is 2.47. The van der Waals surface area contributed by atoms with Crippen LogP contribution >= 0.6 is 0 Å². The van der Waals surface area contributed by atoms with E-state index in [0.29, 0.717) is 5.95 Å². The molecule has 0 amide bonds. The molecule has 20 heavy (non-hydrogen) atoms. The SMILES string of the molecule is Cn1c(=O)c2nnc(N3CCCCC3)nc2n(C)c1=O. The maximum Gasteiger partial charge on any atom is 0.332 e. The van der Waals surface area contributed by atoms with Gasteiger partial charge in [0.05, 0.1) is 0 Å². The highest BCUT2D eigenvalue weighted by Gasteiger charge is 2.17. The molecule has 0 aromatic carbocycles. The second-order valence-electron chi connectivity index (χ2n) is 5.04. The quantitative estimate of drug-likeness (QED) is 0.692. The van der Waals surface area contributed by atoms with Crippen molar-refractivity contribution in [3.8, 4) is 0 Å². The number of rotatable bonds is 1. The van der Waals surface area contributed by atoms with E-state index in [9.17, 15) is 9.59 Å². The highest BCUT2D eigenvalue weighted by Crippen LogP contribution is 2.15. The summed E-state index contributed by atoms with van der Waals surface area (Å²) in [6.45, 7) is 1.76. The number of hydrogen-bond acceptors (Lipinski definition) is 6. The fraction of sp³-hybridized carbons (Fsp3) is 0.583. The zero-order valence-electron chi connectivity index (χ0n) is 11.5. The number of piperidine rings is 1. The van der Waals surface area contributed by atoms with Gasteiger partial charge in [0.15, 0.2) is 11.2 Å². The molecule has 8 nitrogen and oxygen atoms in total. The molecule has 3 heterocycles. The summed E-state index contributed by atoms with van der Waals surface area (Å²) < 4.78 is 2.35. The Morgan fingerprint density at radius 2 is 1.65 bits per heavy atom. The van der Waals surface area contributed by atoms with Crippen LogP contribution in [0.4, 0.5) is 5.95 Å². The first-order chi connectivity index (χ1) is 9.59. The summed E-state index contributed by atoms with van der Waals surface area (Å²) in [5.41, 5.74) is -0.468. The maximum absolute atomic E-state index is 12.0. The molecule has 2 aromatic rings. The van der Waals surface area contributed by atoms with Crippen LogP contribution in [0.5, 0.6) is 0 Å². The minimum absolute atomic E-state index is 0.121. The van der Waals surface area contributed by atoms with Crippen LogP contribution in [0.1, 0.15) is 19.3 Å². The Labute approximate surface area is 114 Å². The highest BCUT2D eigenvalue weighted by atomic mass is 16.2. The van der Waals surface area contributed by atoms with Crippen molar-refractivity contribution in [2.75, 3.05) is 18.0 Å². The summed E-state index contributed by atoms with van der Waals surface area (Å²) in [5.74, 6) is 0.487. The van der Waals surface area contributed by atoms with E-state index in [1.54, 1.807) is 7.05 Å². The molecule has 106 valence electrons. The Morgan fingerprint density at radius 3 is 2.35 bits per heavy atom. The van der Waals surface area contributed by atoms with Crippen molar-refractivity contribution in [2.24, 2.45) is 14.1 Å². The second-order valence-corrected chi connectivity index (χ2v) is 5.04. The summed E-state index contributed by atoms with van der Waals surface area (Å²) in [5, 5.41) is 8.01. The molecule has 0 atom stereocenters. The lowest BCUT2D eigenvalue weighted by molar-refractivity contribution is 0.565. The number of aryl methyl sites for hydroxylation is 1. The van der Waals surface area contributed by atoms with Crippen LogP contribution in [-0.4, -0.2) is 37.4 Å². The number of fused-ring (bicyclic) bond motifs is 1. The highest BCUT2D eigenvalue weighted by molar-refractivity contribution is 5.69. The summed E-state index contributed by atoms with van der Waals surface area (Å²) in [6.07, 6.45) is 3.39. The first kappa shape index (κ1) is 12.8. The van der Waals surface area contributed by atoms with Crippen molar-refractivity contribution >= 4 is 17.1 Å². The smallest absolute Gasteiger partial charge is 0.332 e. The molecule has 8 heteroatoms. The average molecular weight is 276 g/mol. The van der Waals surface area contributed by atoms with Crippen LogP contribution in [0, 0.1) is 0 Å². The Kier molecular flexibility index (Phi) is 3.00. The van der Waals surface area contributed by atoms with Gasteiger partial charge in [0.25, 0.3) is 5.56 Å². The van der Waals surface area contributed by atoms with Crippen molar-refractivity contribution in [2.45, 2.75) is 19.3 Å². The molecule has 0 aliphatic carbocycles. The lowest BCUT2D eigenvalue weighted by Gasteiger charge is -2.26. The third kappa shape index (κ3) is 1.87. The van der Waals surface area contributed by atoms with Crippen LogP contribution < -0.4 is 16.1 Å². The van der Waals surface area contributed by atoms with Gasteiger partial charge in [-0.05, 0) is 19.3 Å². The predicted molar refractivity (Wildman–Crippen MR) is 73.9 cm³/mol. The van der Waals surface area contributed by atoms with Crippen LogP contribution in [-0.2, 0) is 14.1 Å². The molecule has 0 N–H and O–H groups in total. The van der Waals surface area contributed by atoms with E-state index in [-0.39, 0.29) is 11.2 Å². The van der Waals surface area contributed by atoms with Crippen LogP contribution in [0.3, 0.4) is 0 Å². The van der Waals surface area contributed by atoms with Gasteiger partial charge in [0, 0.05) is 27.2 Å². The number of nitrogens with zero attached hydrogens (tertiary/aromatic N) is 6. The first-order valence-electron chi connectivity index (χ1n) is 6.65. The molecule has 3 rings (SSSR count). The average Bonchev–Trinajstić information content (AvgIpc) is 2.51. The monoisotopic (exact) mass is 276 g/mol. The zero-order valence-corrected chi connectivity index (χ0v) is 11.5. The van der Waals surface area contributed by atoms with E-state index in [1.807, 2.05) is 4.90 Å². The number of hydrogen-bond donors (Lipinski definition) is 0. The third-order valence-electron chi connectivity index (χ3n) is 3.69. The summed E-state index contributed by atoms with van der Waals surface area (Å²) in [4.78, 5) is 30.3. The molecule has 0 radical (unpaired) electrons. The Hall–Kier alpha value is -2.25. The second kappa shape index (κ2) is 4.69. The minimum Gasteiger partial charge on any atom is -0.339 e. The molecule has 0 unspecified atom stereocenters. The Morgan fingerprint density at radius 1 is 0.950 bits per heavy atom. The lowest BCUT2D eigenvalue weighted by Crippen LogP contribution is -2.38. The molecule has 0 saturated carbocycles. The van der Waals surface area contributed by atoms with E-state index in [2.05, 4.69) is 15.2 Å². The van der Waals surface area contributed by atoms with Gasteiger partial charge in [0.2, 0.25) is 5.95 Å². The first-order valence-corrected chi connectivity index (χ1v) is 6.65. The molecule has 1 aliphatic rings. The fourth-order valence-electron chi connectivity index (χ4n) is 2.47. The van der Waals surface area contributed by atoms with Gasteiger partial charge in [-0.2, -0.15) is 4.98 Å². The van der Waals surface area contributed by atoms with Gasteiger partial charge in [-0.15, -0.1) is 10.2 Å². The molecule has 1 aliphatic heterocycles. The van der Waals surface area contributed by atoms with Crippen LogP contribution in [0.15, 0.2) is 9.59 Å². The molecule has 1 saturated heterocycles. The minimum atomic E-state index is -0.465. The van der Waals surface area contributed by atoms with Crippen molar-refractivity contribution in [1.82, 2.24) is 24.3 Å². The van der Waals surface area contributed by atoms with Crippen molar-refractivity contribution in [3.05, 3.63) is 20.8 Å². The molecule has 2 aromatic heterocycles. The van der Waals surface area contributed by atoms with E-state index in [0.717, 1.165) is 30.5 Å². The lowest BCUT2D eigenvalue weighted by atomic mass is 10.1. The van der Waals surface area contributed by atoms with Gasteiger partial charge in [-0.25, -0.2) is 4.79 Å². The van der Waals surface area contributed by atoms with E-state index in [4.69, 9.17) is 0 Å². The van der Waals surface area contributed by atoms with Crippen LogP contribution in [0.2, 0.25) is 0 Å². The van der Waals surface area contributed by atoms with Gasteiger partial charge in [0.1, 0.15) is 0 Å². The standard InChI is InChI=1S/C12H16N6O2/c1-16-9-8(10(19)17(2)12(16)20)14-15-11(13-9)18-6-4-3-5-7-18/h3-7H2,1-2H3. The van der Waals surface area contributed by atoms with E-state index in [1.165, 1.54) is 18.0 Å². The summed E-state index contributed by atoms with van der Waals surface area (Å²) in [7, 11) is 3.00. The van der Waals surface area contributed by atoms with Gasteiger partial charge >= 0.3 is 5.69 Å². The maximum atomic E-state index is 12.0. The van der Waals surface area contributed by atoms with Crippen LogP contribution in [0.25, 0.3) is 11.2 Å². The number of anilines is 1. The largest absolute Gasteiger partial charge is 0.339 e. The van der Waals surface area contributed by atoms with Gasteiger partial charge < -0.3 is 4.90 Å². The molecule has 0 bridgehead atoms. The third-order valence-corrected chi connectivity index (χ3v) is 3.69. The van der Waals surface area contributed by atoms with Crippen molar-refractivity contribution in [1.29, 1.82) is 0 Å². The van der Waals surface area contributed by atoms with Crippen molar-refractivity contribution < 1.29 is 0 Å². The molecule has 1 fully saturated rings. The van der Waals surface area contributed by atoms with Crippen molar-refractivity contribution in [3.63, 3.8) is 0 Å². The molecular formula is C12H16N6O2. The number of aromatic nitrogens is 5. The summed E-state index contributed by atoms with van der Waals surface area (Å²) >= 11 is 0. The molecule has 0 spiro atoms. The molecular weight excluding hydrogens is 260 g/mol. The topological polar surface area (TPSA) is 85.9 Å². The predicted octanol–water partition coefficient (Wildman–Crippen LogP) is -0.588. The Balaban J connectivity index is 2.20.